The summed E-state index contributed by atoms with van der Waals surface area (Å²) in [6.07, 6.45) is 7.40. The van der Waals surface area contributed by atoms with Crippen molar-refractivity contribution in [3.05, 3.63) is 53.6 Å². The fourth-order valence-corrected chi connectivity index (χ4v) is 4.05. The van der Waals surface area contributed by atoms with E-state index in [0.29, 0.717) is 13.2 Å². The number of rotatable bonds is 6. The van der Waals surface area contributed by atoms with E-state index in [1.54, 1.807) is 0 Å². The lowest BCUT2D eigenvalue weighted by Gasteiger charge is -2.28. The Bertz CT molecular complexity index is 798. The molecule has 28 heavy (non-hydrogen) atoms. The second-order valence-electron chi connectivity index (χ2n) is 7.61. The van der Waals surface area contributed by atoms with Crippen molar-refractivity contribution < 1.29 is 9.53 Å². The van der Waals surface area contributed by atoms with Gasteiger partial charge < -0.3 is 20.3 Å². The Morgan fingerprint density at radius 1 is 0.929 bits per heavy atom. The van der Waals surface area contributed by atoms with Crippen molar-refractivity contribution in [2.24, 2.45) is 0 Å². The standard InChI is InChI=1S/C23H29N3O2/c27-23(24-13-16-28-22-12-7-18-5-4-6-19(18)17-22)25-20-8-10-21(11-9-20)26-14-2-1-3-15-26/h7-12,17H,1-6,13-16H2,(H2,24,25,27). The van der Waals surface area contributed by atoms with Gasteiger partial charge in [0.15, 0.2) is 0 Å². The van der Waals surface area contributed by atoms with Gasteiger partial charge in [-0.25, -0.2) is 4.79 Å². The highest BCUT2D eigenvalue weighted by molar-refractivity contribution is 5.89. The van der Waals surface area contributed by atoms with E-state index in [0.717, 1.165) is 30.9 Å². The van der Waals surface area contributed by atoms with E-state index in [4.69, 9.17) is 4.74 Å². The fourth-order valence-electron chi connectivity index (χ4n) is 4.05. The highest BCUT2D eigenvalue weighted by atomic mass is 16.5. The predicted octanol–water partition coefficient (Wildman–Crippen LogP) is 4.37. The molecule has 1 aliphatic carbocycles. The van der Waals surface area contributed by atoms with Crippen LogP contribution in [0.5, 0.6) is 5.75 Å². The van der Waals surface area contributed by atoms with Gasteiger partial charge in [0, 0.05) is 24.5 Å². The smallest absolute Gasteiger partial charge is 0.319 e. The average Bonchev–Trinajstić information content (AvgIpc) is 3.20. The van der Waals surface area contributed by atoms with E-state index in [1.165, 1.54) is 48.9 Å². The fraction of sp³-hybridized carbons (Fsp3) is 0.435. The Hall–Kier alpha value is -2.69. The number of hydrogen-bond acceptors (Lipinski definition) is 3. The van der Waals surface area contributed by atoms with Crippen molar-refractivity contribution in [1.29, 1.82) is 0 Å². The number of nitrogens with zero attached hydrogens (tertiary/aromatic N) is 1. The van der Waals surface area contributed by atoms with Crippen LogP contribution in [0.3, 0.4) is 0 Å². The maximum atomic E-state index is 12.1. The Labute approximate surface area is 167 Å². The van der Waals surface area contributed by atoms with Crippen molar-refractivity contribution in [2.45, 2.75) is 38.5 Å². The first-order chi connectivity index (χ1) is 13.8. The zero-order chi connectivity index (χ0) is 19.2. The summed E-state index contributed by atoms with van der Waals surface area (Å²) in [5.41, 5.74) is 4.87. The van der Waals surface area contributed by atoms with Crippen LogP contribution in [0.1, 0.15) is 36.8 Å². The summed E-state index contributed by atoms with van der Waals surface area (Å²) in [4.78, 5) is 14.5. The van der Waals surface area contributed by atoms with Crippen LogP contribution in [-0.4, -0.2) is 32.3 Å². The van der Waals surface area contributed by atoms with E-state index in [1.807, 2.05) is 18.2 Å². The Morgan fingerprint density at radius 2 is 1.71 bits per heavy atom. The largest absolute Gasteiger partial charge is 0.492 e. The highest BCUT2D eigenvalue weighted by Gasteiger charge is 2.12. The maximum absolute atomic E-state index is 12.1. The van der Waals surface area contributed by atoms with Crippen LogP contribution < -0.4 is 20.3 Å². The second kappa shape index (κ2) is 9.00. The lowest BCUT2D eigenvalue weighted by Crippen LogP contribution is -2.32. The Morgan fingerprint density at radius 3 is 2.54 bits per heavy atom. The number of nitrogens with one attached hydrogen (secondary N) is 2. The average molecular weight is 380 g/mol. The third kappa shape index (κ3) is 4.77. The van der Waals surface area contributed by atoms with Crippen LogP contribution >= 0.6 is 0 Å². The SMILES string of the molecule is O=C(NCCOc1ccc2c(c1)CCC2)Nc1ccc(N2CCCCC2)cc1. The molecule has 0 atom stereocenters. The third-order valence-electron chi connectivity index (χ3n) is 5.57. The number of aryl methyl sites for hydroxylation is 2. The molecule has 2 aliphatic rings. The van der Waals surface area contributed by atoms with Crippen molar-refractivity contribution in [1.82, 2.24) is 5.32 Å². The molecular formula is C23H29N3O2. The zero-order valence-electron chi connectivity index (χ0n) is 16.4. The molecule has 4 rings (SSSR count). The minimum atomic E-state index is -0.205. The van der Waals surface area contributed by atoms with Crippen molar-refractivity contribution in [3.63, 3.8) is 0 Å². The van der Waals surface area contributed by atoms with Gasteiger partial charge in [0.1, 0.15) is 12.4 Å². The molecule has 2 aromatic carbocycles. The molecule has 2 aromatic rings. The van der Waals surface area contributed by atoms with Crippen molar-refractivity contribution in [2.75, 3.05) is 36.5 Å². The molecule has 0 saturated carbocycles. The van der Waals surface area contributed by atoms with Gasteiger partial charge in [0.25, 0.3) is 0 Å². The zero-order valence-corrected chi connectivity index (χ0v) is 16.4. The molecule has 0 aromatic heterocycles. The number of hydrogen-bond donors (Lipinski definition) is 2. The number of piperidine rings is 1. The van der Waals surface area contributed by atoms with Crippen molar-refractivity contribution in [3.8, 4) is 5.75 Å². The van der Waals surface area contributed by atoms with Gasteiger partial charge in [0.05, 0.1) is 6.54 Å². The molecule has 5 nitrogen and oxygen atoms in total. The lowest BCUT2D eigenvalue weighted by atomic mass is 10.1. The van der Waals surface area contributed by atoms with E-state index >= 15 is 0 Å². The lowest BCUT2D eigenvalue weighted by molar-refractivity contribution is 0.247. The first-order valence-corrected chi connectivity index (χ1v) is 10.4. The normalized spacial score (nSPS) is 15.8. The quantitative estimate of drug-likeness (QED) is 0.733. The summed E-state index contributed by atoms with van der Waals surface area (Å²) >= 11 is 0. The van der Waals surface area contributed by atoms with Crippen LogP contribution in [0, 0.1) is 0 Å². The molecule has 1 aliphatic heterocycles. The molecule has 0 unspecified atom stereocenters. The number of anilines is 2. The summed E-state index contributed by atoms with van der Waals surface area (Å²) in [7, 11) is 0. The van der Waals surface area contributed by atoms with Gasteiger partial charge in [-0.3, -0.25) is 0 Å². The van der Waals surface area contributed by atoms with Gasteiger partial charge in [-0.2, -0.15) is 0 Å². The van der Waals surface area contributed by atoms with Crippen LogP contribution in [0.15, 0.2) is 42.5 Å². The second-order valence-corrected chi connectivity index (χ2v) is 7.61. The van der Waals surface area contributed by atoms with Gasteiger partial charge in [-0.1, -0.05) is 6.07 Å². The Balaban J connectivity index is 1.18. The topological polar surface area (TPSA) is 53.6 Å². The summed E-state index contributed by atoms with van der Waals surface area (Å²) in [6.45, 7) is 3.17. The maximum Gasteiger partial charge on any atom is 0.319 e. The summed E-state index contributed by atoms with van der Waals surface area (Å²) in [5, 5.41) is 5.73. The van der Waals surface area contributed by atoms with Gasteiger partial charge in [-0.05, 0) is 86.1 Å². The number of ether oxygens (including phenoxy) is 1. The summed E-state index contributed by atoms with van der Waals surface area (Å²) in [6, 6.07) is 14.2. The molecule has 2 N–H and O–H groups in total. The summed E-state index contributed by atoms with van der Waals surface area (Å²) in [5.74, 6) is 0.885. The van der Waals surface area contributed by atoms with E-state index in [-0.39, 0.29) is 6.03 Å². The number of carbonyl (C=O) groups is 1. The molecule has 0 spiro atoms. The highest BCUT2D eigenvalue weighted by Crippen LogP contribution is 2.26. The number of amides is 2. The van der Waals surface area contributed by atoms with Gasteiger partial charge >= 0.3 is 6.03 Å². The van der Waals surface area contributed by atoms with Crippen LogP contribution in [0.25, 0.3) is 0 Å². The Kier molecular flexibility index (Phi) is 6.00. The molecule has 1 saturated heterocycles. The minimum absolute atomic E-state index is 0.205. The molecule has 0 bridgehead atoms. The molecular weight excluding hydrogens is 350 g/mol. The summed E-state index contributed by atoms with van der Waals surface area (Å²) < 4.78 is 5.77. The molecule has 2 amide bonds. The molecule has 5 heteroatoms. The number of benzene rings is 2. The molecule has 148 valence electrons. The molecule has 1 heterocycles. The van der Waals surface area contributed by atoms with Gasteiger partial charge in [-0.15, -0.1) is 0 Å². The monoisotopic (exact) mass is 379 g/mol. The first-order valence-electron chi connectivity index (χ1n) is 10.4. The molecule has 1 fully saturated rings. The minimum Gasteiger partial charge on any atom is -0.492 e. The van der Waals surface area contributed by atoms with E-state index in [2.05, 4.69) is 39.8 Å². The van der Waals surface area contributed by atoms with Crippen LogP contribution in [0.2, 0.25) is 0 Å². The third-order valence-corrected chi connectivity index (χ3v) is 5.57. The first kappa shape index (κ1) is 18.7. The number of urea groups is 1. The predicted molar refractivity (Wildman–Crippen MR) is 113 cm³/mol. The van der Waals surface area contributed by atoms with Gasteiger partial charge in [0.2, 0.25) is 0 Å². The van der Waals surface area contributed by atoms with E-state index < -0.39 is 0 Å². The number of carbonyl (C=O) groups excluding carboxylic acids is 1. The van der Waals surface area contributed by atoms with Crippen molar-refractivity contribution >= 4 is 17.4 Å². The van der Waals surface area contributed by atoms with Crippen LogP contribution in [-0.2, 0) is 12.8 Å². The molecule has 0 radical (unpaired) electrons. The number of fused-ring (bicyclic) bond motifs is 1. The van der Waals surface area contributed by atoms with E-state index in [9.17, 15) is 4.79 Å². The van der Waals surface area contributed by atoms with Crippen LogP contribution in [0.4, 0.5) is 16.2 Å².